The molecule has 2 heterocycles. The smallest absolute Gasteiger partial charge is 0.271 e. The van der Waals surface area contributed by atoms with E-state index in [2.05, 4.69) is 62.9 Å². The fourth-order valence-electron chi connectivity index (χ4n) is 5.32. The number of hydrazone groups is 1. The molecule has 0 saturated heterocycles. The molecule has 5 aromatic carbocycles. The highest BCUT2D eigenvalue weighted by Crippen LogP contribution is 2.35. The Hall–Kier alpha value is -5.76. The maximum Gasteiger partial charge on any atom is 0.271 e. The fourth-order valence-corrected chi connectivity index (χ4v) is 6.19. The largest absolute Gasteiger partial charge is 0.332 e. The molecule has 1 amide bonds. The molecule has 0 atom stereocenters. The van der Waals surface area contributed by atoms with Gasteiger partial charge < -0.3 is 9.88 Å². The number of nitrogens with zero attached hydrogens (tertiary/aromatic N) is 3. The van der Waals surface area contributed by atoms with Crippen LogP contribution in [-0.4, -0.2) is 21.7 Å². The third kappa shape index (κ3) is 6.77. The van der Waals surface area contributed by atoms with Gasteiger partial charge in [-0.25, -0.2) is 10.4 Å². The van der Waals surface area contributed by atoms with Gasteiger partial charge in [0.15, 0.2) is 5.13 Å². The van der Waals surface area contributed by atoms with Crippen LogP contribution >= 0.6 is 22.9 Å². The highest BCUT2D eigenvalue weighted by Gasteiger charge is 2.18. The lowest BCUT2D eigenvalue weighted by molar-refractivity contribution is 0.0955. The van der Waals surface area contributed by atoms with Gasteiger partial charge in [0.1, 0.15) is 0 Å². The topological polar surface area (TPSA) is 71.3 Å². The van der Waals surface area contributed by atoms with Crippen LogP contribution in [0.2, 0.25) is 5.02 Å². The lowest BCUT2D eigenvalue weighted by Crippen LogP contribution is -2.17. The summed E-state index contributed by atoms with van der Waals surface area (Å²) in [5, 5.41) is 11.1. The van der Waals surface area contributed by atoms with E-state index in [4.69, 9.17) is 16.6 Å². The number of amides is 1. The van der Waals surface area contributed by atoms with Gasteiger partial charge in [-0.05, 0) is 65.7 Å². The first-order valence-corrected chi connectivity index (χ1v) is 16.2. The number of halogens is 1. The first-order valence-electron chi connectivity index (χ1n) is 15.0. The lowest BCUT2D eigenvalue weighted by Gasteiger charge is -2.15. The van der Waals surface area contributed by atoms with Gasteiger partial charge >= 0.3 is 0 Å². The van der Waals surface area contributed by atoms with E-state index in [1.165, 1.54) is 11.3 Å². The fraction of sp³-hybridized carbons (Fsp3) is 0. The van der Waals surface area contributed by atoms with Gasteiger partial charge in [0.2, 0.25) is 0 Å². The average molecular weight is 650 g/mol. The number of thiazole rings is 1. The summed E-state index contributed by atoms with van der Waals surface area (Å²) in [6, 6.07) is 47.7. The number of hydrogen-bond acceptors (Lipinski definition) is 5. The van der Waals surface area contributed by atoms with Crippen LogP contribution in [0.1, 0.15) is 15.9 Å². The van der Waals surface area contributed by atoms with Crippen LogP contribution in [0.25, 0.3) is 39.5 Å². The lowest BCUT2D eigenvalue weighted by atomic mass is 10.1. The number of carbonyl (C=O) groups excluding carboxylic acids is 1. The van der Waals surface area contributed by atoms with E-state index < -0.39 is 0 Å². The Balaban J connectivity index is 1.13. The van der Waals surface area contributed by atoms with Crippen molar-refractivity contribution in [1.82, 2.24) is 15.0 Å². The molecule has 2 N–H and O–H groups in total. The van der Waals surface area contributed by atoms with Crippen LogP contribution in [-0.2, 0) is 0 Å². The van der Waals surface area contributed by atoms with Gasteiger partial charge in [0, 0.05) is 38.5 Å². The molecule has 0 aliphatic carbocycles. The van der Waals surface area contributed by atoms with E-state index in [9.17, 15) is 4.79 Å². The first-order chi connectivity index (χ1) is 23.1. The van der Waals surface area contributed by atoms with Crippen LogP contribution in [0.3, 0.4) is 0 Å². The van der Waals surface area contributed by atoms with Crippen molar-refractivity contribution in [1.29, 1.82) is 0 Å². The highest BCUT2D eigenvalue weighted by atomic mass is 35.5. The number of benzene rings is 5. The van der Waals surface area contributed by atoms with Crippen molar-refractivity contribution in [3.8, 4) is 39.5 Å². The van der Waals surface area contributed by atoms with Gasteiger partial charge in [-0.15, -0.1) is 11.3 Å². The first kappa shape index (κ1) is 29.9. The molecule has 0 saturated carbocycles. The van der Waals surface area contributed by atoms with E-state index in [0.717, 1.165) is 55.8 Å². The van der Waals surface area contributed by atoms with Gasteiger partial charge in [-0.3, -0.25) is 4.79 Å². The third-order valence-corrected chi connectivity index (χ3v) is 8.58. The summed E-state index contributed by atoms with van der Waals surface area (Å²) in [5.74, 6) is -0.303. The number of anilines is 2. The normalized spacial score (nSPS) is 11.1. The molecule has 0 unspecified atom stereocenters. The van der Waals surface area contributed by atoms with Crippen molar-refractivity contribution in [3.63, 3.8) is 0 Å². The van der Waals surface area contributed by atoms with Crippen LogP contribution in [0.15, 0.2) is 156 Å². The Kier molecular flexibility index (Phi) is 8.73. The van der Waals surface area contributed by atoms with Crippen molar-refractivity contribution in [2.75, 3.05) is 5.32 Å². The number of aromatic nitrogens is 2. The number of para-hydroxylation sites is 1. The summed E-state index contributed by atoms with van der Waals surface area (Å²) < 4.78 is 2.24. The predicted molar refractivity (Wildman–Crippen MR) is 194 cm³/mol. The van der Waals surface area contributed by atoms with Crippen molar-refractivity contribution >= 4 is 45.9 Å². The molecule has 0 bridgehead atoms. The molecule has 8 heteroatoms. The summed E-state index contributed by atoms with van der Waals surface area (Å²) in [6.07, 6.45) is 1.71. The average Bonchev–Trinajstić information content (AvgIpc) is 3.76. The minimum Gasteiger partial charge on any atom is -0.332 e. The molecule has 7 rings (SSSR count). The van der Waals surface area contributed by atoms with Crippen molar-refractivity contribution in [2.45, 2.75) is 0 Å². The molecule has 0 spiro atoms. The Bertz CT molecular complexity index is 2140. The number of rotatable bonds is 9. The van der Waals surface area contributed by atoms with Crippen molar-refractivity contribution < 1.29 is 4.79 Å². The Morgan fingerprint density at radius 2 is 1.38 bits per heavy atom. The Labute approximate surface area is 281 Å². The quantitative estimate of drug-likeness (QED) is 0.121. The summed E-state index contributed by atoms with van der Waals surface area (Å²) in [5.41, 5.74) is 11.9. The van der Waals surface area contributed by atoms with E-state index in [1.54, 1.807) is 18.3 Å². The molecule has 0 radical (unpaired) electrons. The van der Waals surface area contributed by atoms with Gasteiger partial charge in [0.05, 0.1) is 23.3 Å². The van der Waals surface area contributed by atoms with Gasteiger partial charge in [0.25, 0.3) is 5.91 Å². The monoisotopic (exact) mass is 649 g/mol. The third-order valence-electron chi connectivity index (χ3n) is 7.57. The van der Waals surface area contributed by atoms with Crippen LogP contribution in [0, 0.1) is 0 Å². The second kappa shape index (κ2) is 13.7. The zero-order chi connectivity index (χ0) is 32.0. The number of hydrogen-bond donors (Lipinski definition) is 2. The van der Waals surface area contributed by atoms with E-state index >= 15 is 0 Å². The van der Waals surface area contributed by atoms with Crippen LogP contribution in [0.5, 0.6) is 0 Å². The molecule has 0 aliphatic heterocycles. The van der Waals surface area contributed by atoms with Crippen molar-refractivity contribution in [2.24, 2.45) is 5.10 Å². The molecule has 0 aliphatic rings. The minimum atomic E-state index is -0.303. The number of nitrogens with one attached hydrogen (secondary N) is 2. The van der Waals surface area contributed by atoms with E-state index in [1.807, 2.05) is 96.4 Å². The zero-order valence-electron chi connectivity index (χ0n) is 25.0. The van der Waals surface area contributed by atoms with Crippen LogP contribution in [0.4, 0.5) is 10.8 Å². The summed E-state index contributed by atoms with van der Waals surface area (Å²) in [4.78, 5) is 17.8. The maximum absolute atomic E-state index is 13.1. The summed E-state index contributed by atoms with van der Waals surface area (Å²) in [7, 11) is 0. The second-order valence-electron chi connectivity index (χ2n) is 10.7. The second-order valence-corrected chi connectivity index (χ2v) is 12.0. The van der Waals surface area contributed by atoms with E-state index in [-0.39, 0.29) is 5.91 Å². The predicted octanol–water partition coefficient (Wildman–Crippen LogP) is 10.1. The van der Waals surface area contributed by atoms with Crippen molar-refractivity contribution in [3.05, 3.63) is 167 Å². The molecule has 47 heavy (non-hydrogen) atoms. The van der Waals surface area contributed by atoms with Crippen LogP contribution < -0.4 is 10.7 Å². The molecule has 228 valence electrons. The van der Waals surface area contributed by atoms with Gasteiger partial charge in [-0.2, -0.15) is 5.10 Å². The highest BCUT2D eigenvalue weighted by molar-refractivity contribution is 7.14. The molecule has 2 aromatic heterocycles. The molecular weight excluding hydrogens is 622 g/mol. The Morgan fingerprint density at radius 3 is 2.06 bits per heavy atom. The summed E-state index contributed by atoms with van der Waals surface area (Å²) >= 11 is 7.50. The summed E-state index contributed by atoms with van der Waals surface area (Å²) in [6.45, 7) is 0. The number of carbonyl (C=O) groups is 1. The zero-order valence-corrected chi connectivity index (χ0v) is 26.6. The maximum atomic E-state index is 13.1. The standard InChI is InChI=1S/C39H28ClN5OS/c40-32-20-22-33(23-21-32)42-39-43-35(26-47-39)27-16-18-30(19-17-27)38(46)44-41-25-31-24-36(28-10-4-1-5-11-28)45(34-14-8-3-9-15-34)37(31)29-12-6-2-7-13-29/h1-26H,(H,42,43)(H,44,46)/b41-25-. The SMILES string of the molecule is O=C(N/N=C\c1cc(-c2ccccc2)n(-c2ccccc2)c1-c1ccccc1)c1ccc(-c2csc(Nc3ccc(Cl)cc3)n2)cc1. The molecular formula is C39H28ClN5OS. The molecule has 0 fully saturated rings. The molecule has 6 nitrogen and oxygen atoms in total. The Morgan fingerprint density at radius 1 is 0.745 bits per heavy atom. The van der Waals surface area contributed by atoms with E-state index in [0.29, 0.717) is 10.6 Å². The minimum absolute atomic E-state index is 0.303. The van der Waals surface area contributed by atoms with Gasteiger partial charge in [-0.1, -0.05) is 103 Å². The molecule has 7 aromatic rings.